The molecule has 2 aliphatic rings. The topological polar surface area (TPSA) is 24.4 Å². The highest BCUT2D eigenvalue weighted by atomic mass is 35.5. The lowest BCUT2D eigenvalue weighted by molar-refractivity contribution is 0.357. The minimum atomic E-state index is 0.376. The van der Waals surface area contributed by atoms with Gasteiger partial charge in [-0.05, 0) is 26.2 Å². The molecule has 1 heterocycles. The van der Waals surface area contributed by atoms with Crippen LogP contribution in [0.5, 0.6) is 0 Å². The van der Waals surface area contributed by atoms with Crippen LogP contribution in [-0.2, 0) is 0 Å². The molecule has 0 saturated heterocycles. The van der Waals surface area contributed by atoms with Crippen molar-refractivity contribution < 1.29 is 0 Å². The molecular formula is C8H13ClN2. The molecule has 1 aliphatic carbocycles. The van der Waals surface area contributed by atoms with E-state index in [1.54, 1.807) is 0 Å². The SMILES string of the molecule is CC1=NNC2CCC(Cl)CC12. The van der Waals surface area contributed by atoms with Gasteiger partial charge in [0.25, 0.3) is 0 Å². The van der Waals surface area contributed by atoms with E-state index >= 15 is 0 Å². The van der Waals surface area contributed by atoms with E-state index in [0.717, 1.165) is 12.8 Å². The van der Waals surface area contributed by atoms with Gasteiger partial charge in [0.2, 0.25) is 0 Å². The quantitative estimate of drug-likeness (QED) is 0.554. The first-order chi connectivity index (χ1) is 5.27. The van der Waals surface area contributed by atoms with E-state index in [9.17, 15) is 0 Å². The van der Waals surface area contributed by atoms with Gasteiger partial charge in [-0.1, -0.05) is 0 Å². The Morgan fingerprint density at radius 1 is 1.55 bits per heavy atom. The Bertz CT molecular complexity index is 191. The minimum Gasteiger partial charge on any atom is -0.306 e. The first-order valence-electron chi connectivity index (χ1n) is 4.21. The fourth-order valence-corrected chi connectivity index (χ4v) is 2.32. The molecule has 3 heteroatoms. The third kappa shape index (κ3) is 1.24. The molecule has 0 aromatic heterocycles. The predicted molar refractivity (Wildman–Crippen MR) is 47.0 cm³/mol. The van der Waals surface area contributed by atoms with E-state index in [2.05, 4.69) is 17.5 Å². The van der Waals surface area contributed by atoms with E-state index in [0.29, 0.717) is 17.3 Å². The third-order valence-corrected chi connectivity index (χ3v) is 3.13. The van der Waals surface area contributed by atoms with Crippen molar-refractivity contribution in [1.29, 1.82) is 0 Å². The number of hydrogen-bond acceptors (Lipinski definition) is 2. The van der Waals surface area contributed by atoms with Crippen LogP contribution in [0.25, 0.3) is 0 Å². The lowest BCUT2D eigenvalue weighted by Gasteiger charge is -2.27. The number of rotatable bonds is 0. The Morgan fingerprint density at radius 3 is 3.18 bits per heavy atom. The predicted octanol–water partition coefficient (Wildman–Crippen LogP) is 1.74. The Kier molecular flexibility index (Phi) is 1.80. The molecule has 2 nitrogen and oxygen atoms in total. The second-order valence-corrected chi connectivity index (χ2v) is 4.12. The van der Waals surface area contributed by atoms with Gasteiger partial charge >= 0.3 is 0 Å². The molecule has 0 aromatic carbocycles. The molecule has 0 aromatic rings. The summed E-state index contributed by atoms with van der Waals surface area (Å²) in [4.78, 5) is 0. The maximum Gasteiger partial charge on any atom is 0.0522 e. The Hall–Kier alpha value is -0.240. The van der Waals surface area contributed by atoms with Gasteiger partial charge in [0.05, 0.1) is 6.04 Å². The van der Waals surface area contributed by atoms with Crippen LogP contribution in [-0.4, -0.2) is 17.1 Å². The molecule has 1 saturated carbocycles. The molecule has 0 amide bonds. The maximum absolute atomic E-state index is 6.07. The van der Waals surface area contributed by atoms with Gasteiger partial charge in [-0.25, -0.2) is 0 Å². The molecule has 62 valence electrons. The molecule has 3 atom stereocenters. The first-order valence-corrected chi connectivity index (χ1v) is 4.65. The monoisotopic (exact) mass is 172 g/mol. The van der Waals surface area contributed by atoms with Gasteiger partial charge in [0.15, 0.2) is 0 Å². The average Bonchev–Trinajstić information content (AvgIpc) is 2.33. The molecule has 3 unspecified atom stereocenters. The fourth-order valence-electron chi connectivity index (χ4n) is 2.00. The fraction of sp³-hybridized carbons (Fsp3) is 0.875. The summed E-state index contributed by atoms with van der Waals surface area (Å²) in [6.07, 6.45) is 3.42. The number of hydrogen-bond donors (Lipinski definition) is 1. The summed E-state index contributed by atoms with van der Waals surface area (Å²) in [6, 6.07) is 0.588. The summed E-state index contributed by atoms with van der Waals surface area (Å²) >= 11 is 6.07. The number of hydrazone groups is 1. The van der Waals surface area contributed by atoms with Crippen molar-refractivity contribution >= 4 is 17.3 Å². The van der Waals surface area contributed by atoms with E-state index in [1.165, 1.54) is 12.1 Å². The van der Waals surface area contributed by atoms with E-state index in [4.69, 9.17) is 11.6 Å². The van der Waals surface area contributed by atoms with Gasteiger partial charge in [-0.15, -0.1) is 11.6 Å². The molecule has 1 N–H and O–H groups in total. The van der Waals surface area contributed by atoms with Crippen molar-refractivity contribution in [3.05, 3.63) is 0 Å². The number of nitrogens with zero attached hydrogens (tertiary/aromatic N) is 1. The lowest BCUT2D eigenvalue weighted by Crippen LogP contribution is -2.35. The third-order valence-electron chi connectivity index (χ3n) is 2.73. The van der Waals surface area contributed by atoms with Crippen LogP contribution in [0, 0.1) is 5.92 Å². The van der Waals surface area contributed by atoms with Crippen LogP contribution in [0.3, 0.4) is 0 Å². The molecule has 2 rings (SSSR count). The summed E-state index contributed by atoms with van der Waals surface area (Å²) in [5, 5.41) is 4.60. The zero-order valence-electron chi connectivity index (χ0n) is 6.68. The molecule has 0 bridgehead atoms. The molecule has 0 spiro atoms. The van der Waals surface area contributed by atoms with Crippen LogP contribution < -0.4 is 5.43 Å². The van der Waals surface area contributed by atoms with E-state index in [-0.39, 0.29) is 0 Å². The highest BCUT2D eigenvalue weighted by Gasteiger charge is 2.34. The van der Waals surface area contributed by atoms with E-state index < -0.39 is 0 Å². The van der Waals surface area contributed by atoms with Crippen LogP contribution in [0.4, 0.5) is 0 Å². The number of fused-ring (bicyclic) bond motifs is 1. The zero-order valence-corrected chi connectivity index (χ0v) is 7.43. The largest absolute Gasteiger partial charge is 0.306 e. The first kappa shape index (κ1) is 7.41. The van der Waals surface area contributed by atoms with Crippen molar-refractivity contribution in [2.24, 2.45) is 11.0 Å². The second kappa shape index (κ2) is 2.67. The smallest absolute Gasteiger partial charge is 0.0522 e. The zero-order chi connectivity index (χ0) is 7.84. The minimum absolute atomic E-state index is 0.376. The van der Waals surface area contributed by atoms with Gasteiger partial charge < -0.3 is 5.43 Å². The number of alkyl halides is 1. The van der Waals surface area contributed by atoms with Gasteiger partial charge in [-0.2, -0.15) is 5.10 Å². The molecular weight excluding hydrogens is 160 g/mol. The van der Waals surface area contributed by atoms with E-state index in [1.807, 2.05) is 0 Å². The molecule has 11 heavy (non-hydrogen) atoms. The Labute approximate surface area is 72.0 Å². The standard InChI is InChI=1S/C8H13ClN2/c1-5-7-4-6(9)2-3-8(7)11-10-5/h6-8,11H,2-4H2,1H3. The van der Waals surface area contributed by atoms with Crippen molar-refractivity contribution in [2.45, 2.75) is 37.6 Å². The summed E-state index contributed by atoms with van der Waals surface area (Å²) in [5.74, 6) is 0.617. The maximum atomic E-state index is 6.07. The highest BCUT2D eigenvalue weighted by molar-refractivity contribution is 6.20. The summed E-state index contributed by atoms with van der Waals surface area (Å²) in [6.45, 7) is 2.09. The number of halogens is 1. The van der Waals surface area contributed by atoms with Crippen molar-refractivity contribution in [2.75, 3.05) is 0 Å². The van der Waals surface area contributed by atoms with Crippen molar-refractivity contribution in [3.8, 4) is 0 Å². The van der Waals surface area contributed by atoms with Gasteiger partial charge in [0, 0.05) is 17.0 Å². The van der Waals surface area contributed by atoms with Gasteiger partial charge in [0.1, 0.15) is 0 Å². The van der Waals surface area contributed by atoms with Gasteiger partial charge in [-0.3, -0.25) is 0 Å². The summed E-state index contributed by atoms with van der Waals surface area (Å²) in [7, 11) is 0. The molecule has 0 radical (unpaired) electrons. The second-order valence-electron chi connectivity index (χ2n) is 3.51. The summed E-state index contributed by atoms with van der Waals surface area (Å²) in [5.41, 5.74) is 4.39. The Balaban J connectivity index is 2.07. The Morgan fingerprint density at radius 2 is 2.36 bits per heavy atom. The normalized spacial score (nSPS) is 42.7. The van der Waals surface area contributed by atoms with Crippen LogP contribution in [0.1, 0.15) is 26.2 Å². The average molecular weight is 173 g/mol. The van der Waals surface area contributed by atoms with Crippen LogP contribution in [0.2, 0.25) is 0 Å². The highest BCUT2D eigenvalue weighted by Crippen LogP contribution is 2.31. The molecule has 1 aliphatic heterocycles. The van der Waals surface area contributed by atoms with Crippen LogP contribution in [0.15, 0.2) is 5.10 Å². The van der Waals surface area contributed by atoms with Crippen LogP contribution >= 0.6 is 11.6 Å². The van der Waals surface area contributed by atoms with Crippen molar-refractivity contribution in [3.63, 3.8) is 0 Å². The van der Waals surface area contributed by atoms with Crippen molar-refractivity contribution in [1.82, 2.24) is 5.43 Å². The summed E-state index contributed by atoms with van der Waals surface area (Å²) < 4.78 is 0. The number of nitrogens with one attached hydrogen (secondary N) is 1. The molecule has 1 fully saturated rings. The lowest BCUT2D eigenvalue weighted by atomic mass is 9.83.